The summed E-state index contributed by atoms with van der Waals surface area (Å²) in [5.74, 6) is 0.582. The average molecular weight is 210 g/mol. The Morgan fingerprint density at radius 1 is 1.47 bits per heavy atom. The van der Waals surface area contributed by atoms with Crippen molar-refractivity contribution in [1.29, 1.82) is 0 Å². The van der Waals surface area contributed by atoms with Crippen LogP contribution in [0.4, 0.5) is 0 Å². The van der Waals surface area contributed by atoms with Crippen molar-refractivity contribution in [3.05, 3.63) is 0 Å². The van der Waals surface area contributed by atoms with Crippen molar-refractivity contribution in [3.8, 4) is 0 Å². The maximum atomic E-state index is 12.0. The molecule has 2 aliphatic rings. The number of nitrogens with one attached hydrogen (secondary N) is 1. The molecule has 0 aromatic rings. The second-order valence-corrected chi connectivity index (χ2v) is 4.79. The van der Waals surface area contributed by atoms with Crippen molar-refractivity contribution >= 4 is 11.8 Å². The Bertz CT molecular complexity index is 284. The number of carbonyl (C=O) groups is 2. The van der Waals surface area contributed by atoms with Crippen LogP contribution in [0.2, 0.25) is 0 Å². The van der Waals surface area contributed by atoms with Crippen LogP contribution in [0.15, 0.2) is 0 Å². The highest BCUT2D eigenvalue weighted by Crippen LogP contribution is 2.32. The summed E-state index contributed by atoms with van der Waals surface area (Å²) < 4.78 is 0. The number of nitrogens with zero attached hydrogens (tertiary/aromatic N) is 1. The van der Waals surface area contributed by atoms with Crippen LogP contribution in [0.1, 0.15) is 26.7 Å². The number of hydrogen-bond donors (Lipinski definition) is 1. The lowest BCUT2D eigenvalue weighted by Gasteiger charge is -2.37. The van der Waals surface area contributed by atoms with Gasteiger partial charge in [-0.2, -0.15) is 0 Å². The topological polar surface area (TPSA) is 49.4 Å². The van der Waals surface area contributed by atoms with E-state index in [0.717, 1.165) is 12.8 Å². The highest BCUT2D eigenvalue weighted by Gasteiger charge is 2.41. The molecule has 15 heavy (non-hydrogen) atoms. The van der Waals surface area contributed by atoms with Crippen LogP contribution < -0.4 is 5.32 Å². The summed E-state index contributed by atoms with van der Waals surface area (Å²) in [6.45, 7) is 5.25. The predicted molar refractivity (Wildman–Crippen MR) is 56.1 cm³/mol. The van der Waals surface area contributed by atoms with Gasteiger partial charge in [-0.3, -0.25) is 9.59 Å². The first-order valence-corrected chi connectivity index (χ1v) is 5.69. The molecule has 0 radical (unpaired) electrons. The summed E-state index contributed by atoms with van der Waals surface area (Å²) in [6, 6.07) is -0.258. The fraction of sp³-hybridized carbons (Fsp3) is 0.818. The Hall–Kier alpha value is -1.06. The summed E-state index contributed by atoms with van der Waals surface area (Å²) in [7, 11) is 0. The molecule has 1 saturated carbocycles. The molecule has 4 heteroatoms. The van der Waals surface area contributed by atoms with Crippen molar-refractivity contribution in [2.24, 2.45) is 11.8 Å². The van der Waals surface area contributed by atoms with Crippen molar-refractivity contribution in [3.63, 3.8) is 0 Å². The van der Waals surface area contributed by atoms with Crippen LogP contribution in [0.5, 0.6) is 0 Å². The Balaban J connectivity index is 2.12. The van der Waals surface area contributed by atoms with Gasteiger partial charge >= 0.3 is 0 Å². The molecule has 1 aliphatic heterocycles. The molecule has 1 saturated heterocycles. The maximum absolute atomic E-state index is 12.0. The van der Waals surface area contributed by atoms with Gasteiger partial charge in [-0.05, 0) is 18.8 Å². The molecule has 0 bridgehead atoms. The highest BCUT2D eigenvalue weighted by atomic mass is 16.2. The van der Waals surface area contributed by atoms with E-state index in [0.29, 0.717) is 13.1 Å². The summed E-state index contributed by atoms with van der Waals surface area (Å²) >= 11 is 0. The Morgan fingerprint density at radius 3 is 2.67 bits per heavy atom. The zero-order valence-electron chi connectivity index (χ0n) is 9.32. The third-order valence-electron chi connectivity index (χ3n) is 3.10. The zero-order valence-corrected chi connectivity index (χ0v) is 9.32. The first-order valence-electron chi connectivity index (χ1n) is 5.69. The number of piperazine rings is 1. The first kappa shape index (κ1) is 10.5. The van der Waals surface area contributed by atoms with E-state index in [1.165, 1.54) is 0 Å². The standard InChI is InChI=1S/C11H18N2O2/c1-7(2)9-10(14)12-5-6-13(9)11(15)8-3-4-8/h7-9H,3-6H2,1-2H3,(H,12,14). The monoisotopic (exact) mass is 210 g/mol. The normalized spacial score (nSPS) is 26.7. The van der Waals surface area contributed by atoms with E-state index in [1.807, 2.05) is 13.8 Å². The number of rotatable bonds is 2. The van der Waals surface area contributed by atoms with E-state index in [-0.39, 0.29) is 29.7 Å². The van der Waals surface area contributed by atoms with Gasteiger partial charge in [0.25, 0.3) is 0 Å². The average Bonchev–Trinajstić information content (AvgIpc) is 2.98. The Kier molecular flexibility index (Phi) is 2.67. The SMILES string of the molecule is CC(C)C1C(=O)NCCN1C(=O)C1CC1. The van der Waals surface area contributed by atoms with Gasteiger partial charge in [0.05, 0.1) is 0 Å². The molecule has 1 atom stereocenters. The van der Waals surface area contributed by atoms with E-state index in [2.05, 4.69) is 5.32 Å². The van der Waals surface area contributed by atoms with Crippen molar-refractivity contribution < 1.29 is 9.59 Å². The van der Waals surface area contributed by atoms with Gasteiger partial charge < -0.3 is 10.2 Å². The number of hydrogen-bond acceptors (Lipinski definition) is 2. The van der Waals surface area contributed by atoms with Crippen LogP contribution in [-0.4, -0.2) is 35.8 Å². The van der Waals surface area contributed by atoms with Gasteiger partial charge in [0.1, 0.15) is 6.04 Å². The van der Waals surface area contributed by atoms with Gasteiger partial charge in [-0.15, -0.1) is 0 Å². The van der Waals surface area contributed by atoms with E-state index >= 15 is 0 Å². The largest absolute Gasteiger partial charge is 0.353 e. The molecule has 0 spiro atoms. The van der Waals surface area contributed by atoms with Crippen molar-refractivity contribution in [2.75, 3.05) is 13.1 Å². The zero-order chi connectivity index (χ0) is 11.0. The fourth-order valence-corrected chi connectivity index (χ4v) is 2.16. The van der Waals surface area contributed by atoms with Crippen LogP contribution in [0, 0.1) is 11.8 Å². The molecule has 1 aliphatic carbocycles. The van der Waals surface area contributed by atoms with Crippen LogP contribution in [-0.2, 0) is 9.59 Å². The van der Waals surface area contributed by atoms with E-state index in [9.17, 15) is 9.59 Å². The minimum Gasteiger partial charge on any atom is -0.353 e. The Labute approximate surface area is 90.0 Å². The van der Waals surface area contributed by atoms with E-state index in [4.69, 9.17) is 0 Å². The van der Waals surface area contributed by atoms with Crippen LogP contribution >= 0.6 is 0 Å². The summed E-state index contributed by atoms with van der Waals surface area (Å²) in [5, 5.41) is 2.82. The van der Waals surface area contributed by atoms with Crippen LogP contribution in [0.3, 0.4) is 0 Å². The lowest BCUT2D eigenvalue weighted by atomic mass is 9.99. The molecule has 2 fully saturated rings. The second-order valence-electron chi connectivity index (χ2n) is 4.79. The predicted octanol–water partition coefficient (Wildman–Crippen LogP) is 0.379. The molecule has 1 unspecified atom stereocenters. The smallest absolute Gasteiger partial charge is 0.243 e. The molecule has 0 aromatic heterocycles. The summed E-state index contributed by atoms with van der Waals surface area (Å²) in [4.78, 5) is 25.4. The van der Waals surface area contributed by atoms with E-state index in [1.54, 1.807) is 4.90 Å². The minimum absolute atomic E-state index is 0.00486. The molecule has 0 aromatic carbocycles. The highest BCUT2D eigenvalue weighted by molar-refractivity contribution is 5.90. The summed E-state index contributed by atoms with van der Waals surface area (Å²) in [5.41, 5.74) is 0. The van der Waals surface area contributed by atoms with Gasteiger partial charge in [-0.1, -0.05) is 13.8 Å². The second kappa shape index (κ2) is 3.83. The van der Waals surface area contributed by atoms with E-state index < -0.39 is 0 Å². The quantitative estimate of drug-likeness (QED) is 0.716. The molecule has 4 nitrogen and oxygen atoms in total. The third kappa shape index (κ3) is 1.98. The maximum Gasteiger partial charge on any atom is 0.243 e. The third-order valence-corrected chi connectivity index (χ3v) is 3.10. The van der Waals surface area contributed by atoms with Gasteiger partial charge in [0.15, 0.2) is 0 Å². The Morgan fingerprint density at radius 2 is 2.13 bits per heavy atom. The molecule has 2 rings (SSSR count). The van der Waals surface area contributed by atoms with Gasteiger partial charge in [-0.25, -0.2) is 0 Å². The molecule has 1 heterocycles. The van der Waals surface area contributed by atoms with Crippen molar-refractivity contribution in [2.45, 2.75) is 32.7 Å². The van der Waals surface area contributed by atoms with Gasteiger partial charge in [0.2, 0.25) is 11.8 Å². The molecular formula is C11H18N2O2. The molecule has 2 amide bonds. The fourth-order valence-electron chi connectivity index (χ4n) is 2.16. The van der Waals surface area contributed by atoms with Crippen LogP contribution in [0.25, 0.3) is 0 Å². The number of carbonyl (C=O) groups excluding carboxylic acids is 2. The lowest BCUT2D eigenvalue weighted by Crippen LogP contribution is -2.59. The van der Waals surface area contributed by atoms with Crippen molar-refractivity contribution in [1.82, 2.24) is 10.2 Å². The van der Waals surface area contributed by atoms with Gasteiger partial charge in [0, 0.05) is 19.0 Å². The lowest BCUT2D eigenvalue weighted by molar-refractivity contribution is -0.145. The first-order chi connectivity index (χ1) is 7.11. The molecule has 84 valence electrons. The minimum atomic E-state index is -0.258. The number of amides is 2. The summed E-state index contributed by atoms with van der Waals surface area (Å²) in [6.07, 6.45) is 2.00. The molecular weight excluding hydrogens is 192 g/mol. The molecule has 1 N–H and O–H groups in total.